The number of halogens is 1. The van der Waals surface area contributed by atoms with Crippen molar-refractivity contribution in [3.63, 3.8) is 0 Å². The van der Waals surface area contributed by atoms with E-state index in [0.717, 1.165) is 11.3 Å². The van der Waals surface area contributed by atoms with Gasteiger partial charge in [-0.15, -0.1) is 11.8 Å². The lowest BCUT2D eigenvalue weighted by Crippen LogP contribution is -2.16. The summed E-state index contributed by atoms with van der Waals surface area (Å²) in [6, 6.07) is 13.7. The van der Waals surface area contributed by atoms with E-state index in [0.29, 0.717) is 23.1 Å². The molecule has 1 heterocycles. The zero-order valence-corrected chi connectivity index (χ0v) is 16.5. The van der Waals surface area contributed by atoms with Gasteiger partial charge in [-0.1, -0.05) is 18.2 Å². The van der Waals surface area contributed by atoms with Crippen molar-refractivity contribution in [3.05, 3.63) is 66.3 Å². The molecule has 0 atom stereocenters. The Morgan fingerprint density at radius 1 is 1.25 bits per heavy atom. The molecule has 0 aliphatic rings. The summed E-state index contributed by atoms with van der Waals surface area (Å²) in [7, 11) is 0. The molecular weight excluding hydrogens is 379 g/mol. The maximum Gasteiger partial charge on any atom is 0.234 e. The van der Waals surface area contributed by atoms with Crippen molar-refractivity contribution in [3.8, 4) is 17.2 Å². The minimum Gasteiger partial charge on any atom is -0.489 e. The second kappa shape index (κ2) is 9.41. The van der Waals surface area contributed by atoms with E-state index in [4.69, 9.17) is 9.15 Å². The second-order valence-electron chi connectivity index (χ2n) is 6.36. The number of carbonyl (C=O) groups excluding carboxylic acids is 1. The van der Waals surface area contributed by atoms with Gasteiger partial charge in [0.1, 0.15) is 17.8 Å². The molecule has 146 valence electrons. The van der Waals surface area contributed by atoms with Gasteiger partial charge >= 0.3 is 0 Å². The van der Waals surface area contributed by atoms with Gasteiger partial charge in [0.15, 0.2) is 0 Å². The fourth-order valence-corrected chi connectivity index (χ4v) is 3.18. The molecule has 5 nitrogen and oxygen atoms in total. The van der Waals surface area contributed by atoms with Crippen molar-refractivity contribution >= 4 is 23.4 Å². The zero-order valence-electron chi connectivity index (χ0n) is 15.6. The molecule has 0 spiro atoms. The van der Waals surface area contributed by atoms with E-state index >= 15 is 0 Å². The Hall–Kier alpha value is -2.80. The predicted octanol–water partition coefficient (Wildman–Crippen LogP) is 5.14. The molecule has 1 amide bonds. The first-order chi connectivity index (χ1) is 13.5. The average Bonchev–Trinajstić information content (AvgIpc) is 3.13. The van der Waals surface area contributed by atoms with E-state index in [-0.39, 0.29) is 17.8 Å². The number of amides is 1. The van der Waals surface area contributed by atoms with Crippen molar-refractivity contribution < 1.29 is 18.3 Å². The van der Waals surface area contributed by atoms with Gasteiger partial charge in [0, 0.05) is 17.4 Å². The van der Waals surface area contributed by atoms with E-state index in [9.17, 15) is 9.18 Å². The van der Waals surface area contributed by atoms with Gasteiger partial charge < -0.3 is 14.5 Å². The number of ether oxygens (including phenoxy) is 1. The molecule has 1 N–H and O–H groups in total. The van der Waals surface area contributed by atoms with E-state index < -0.39 is 5.82 Å². The van der Waals surface area contributed by atoms with Crippen LogP contribution >= 0.6 is 11.8 Å². The molecule has 0 radical (unpaired) electrons. The number of hydrogen-bond donors (Lipinski definition) is 1. The van der Waals surface area contributed by atoms with Crippen LogP contribution in [0.5, 0.6) is 5.75 Å². The average molecular weight is 400 g/mol. The van der Waals surface area contributed by atoms with Gasteiger partial charge in [0.25, 0.3) is 0 Å². The minimum absolute atomic E-state index is 0.0820. The van der Waals surface area contributed by atoms with Crippen LogP contribution in [0.3, 0.4) is 0 Å². The van der Waals surface area contributed by atoms with E-state index in [2.05, 4.69) is 10.3 Å². The molecule has 7 heteroatoms. The Bertz CT molecular complexity index is 928. The lowest BCUT2D eigenvalue weighted by Gasteiger charge is -2.15. The van der Waals surface area contributed by atoms with Gasteiger partial charge in [-0.3, -0.25) is 4.79 Å². The molecule has 3 rings (SSSR count). The monoisotopic (exact) mass is 400 g/mol. The summed E-state index contributed by atoms with van der Waals surface area (Å²) in [5.74, 6) is 1.05. The molecule has 0 saturated carbocycles. The summed E-state index contributed by atoms with van der Waals surface area (Å²) >= 11 is 1.40. The third-order valence-electron chi connectivity index (χ3n) is 3.63. The molecule has 0 aliphatic heterocycles. The summed E-state index contributed by atoms with van der Waals surface area (Å²) in [5.41, 5.74) is 1.98. The number of anilines is 1. The Balaban J connectivity index is 1.53. The smallest absolute Gasteiger partial charge is 0.234 e. The number of carbonyl (C=O) groups is 1. The van der Waals surface area contributed by atoms with Crippen LogP contribution in [0.25, 0.3) is 11.5 Å². The first kappa shape index (κ1) is 19.9. The van der Waals surface area contributed by atoms with Gasteiger partial charge in [-0.25, -0.2) is 9.37 Å². The van der Waals surface area contributed by atoms with Crippen molar-refractivity contribution in [1.82, 2.24) is 4.98 Å². The zero-order chi connectivity index (χ0) is 19.9. The first-order valence-electron chi connectivity index (χ1n) is 8.85. The highest BCUT2D eigenvalue weighted by atomic mass is 32.2. The van der Waals surface area contributed by atoms with Crippen LogP contribution in [0.15, 0.2) is 59.2 Å². The fraction of sp³-hybridized carbons (Fsp3) is 0.238. The quantitative estimate of drug-likeness (QED) is 0.567. The highest BCUT2D eigenvalue weighted by Gasteiger charge is 2.12. The molecule has 0 aliphatic carbocycles. The Morgan fingerprint density at radius 3 is 2.79 bits per heavy atom. The van der Waals surface area contributed by atoms with Crippen LogP contribution in [0.1, 0.15) is 19.5 Å². The number of nitrogens with one attached hydrogen (secondary N) is 1. The highest BCUT2D eigenvalue weighted by molar-refractivity contribution is 7.99. The predicted molar refractivity (Wildman–Crippen MR) is 109 cm³/mol. The van der Waals surface area contributed by atoms with Gasteiger partial charge in [-0.2, -0.15) is 0 Å². The molecule has 1 aromatic heterocycles. The largest absolute Gasteiger partial charge is 0.489 e. The topological polar surface area (TPSA) is 64.4 Å². The van der Waals surface area contributed by atoms with Crippen molar-refractivity contribution in [2.75, 3.05) is 11.1 Å². The number of hydrogen-bond acceptors (Lipinski definition) is 5. The Kier molecular flexibility index (Phi) is 6.71. The fourth-order valence-electron chi connectivity index (χ4n) is 2.48. The summed E-state index contributed by atoms with van der Waals surface area (Å²) in [6.07, 6.45) is 1.51. The van der Waals surface area contributed by atoms with Crippen molar-refractivity contribution in [2.24, 2.45) is 0 Å². The van der Waals surface area contributed by atoms with Gasteiger partial charge in [-0.05, 0) is 38.1 Å². The summed E-state index contributed by atoms with van der Waals surface area (Å²) in [6.45, 7) is 3.73. The van der Waals surface area contributed by atoms with Crippen molar-refractivity contribution in [1.29, 1.82) is 0 Å². The number of thioether (sulfide) groups is 1. The Morgan fingerprint density at radius 2 is 2.04 bits per heavy atom. The number of rotatable bonds is 8. The summed E-state index contributed by atoms with van der Waals surface area (Å²) in [4.78, 5) is 16.7. The SMILES string of the molecule is CC(C)Oc1ccc(F)cc1NC(=O)CSCc1coc(-c2ccccc2)n1. The standard InChI is InChI=1S/C21H21FN2O3S/c1-14(2)27-19-9-8-16(22)10-18(19)24-20(25)13-28-12-17-11-26-21(23-17)15-6-4-3-5-7-15/h3-11,14H,12-13H2,1-2H3,(H,24,25). The highest BCUT2D eigenvalue weighted by Crippen LogP contribution is 2.27. The van der Waals surface area contributed by atoms with Crippen LogP contribution in [0.2, 0.25) is 0 Å². The third-order valence-corrected chi connectivity index (χ3v) is 4.60. The molecule has 2 aromatic carbocycles. The summed E-state index contributed by atoms with van der Waals surface area (Å²) in [5, 5.41) is 2.71. The summed E-state index contributed by atoms with van der Waals surface area (Å²) < 4.78 is 24.6. The van der Waals surface area contributed by atoms with E-state index in [1.54, 1.807) is 6.26 Å². The lowest BCUT2D eigenvalue weighted by atomic mass is 10.2. The molecule has 3 aromatic rings. The maximum atomic E-state index is 13.5. The number of nitrogens with zero attached hydrogens (tertiary/aromatic N) is 1. The number of aromatic nitrogens is 1. The van der Waals surface area contributed by atoms with Crippen LogP contribution in [0.4, 0.5) is 10.1 Å². The molecular formula is C21H21FN2O3S. The van der Waals surface area contributed by atoms with Gasteiger partial charge in [0.2, 0.25) is 11.8 Å². The molecule has 0 fully saturated rings. The van der Waals surface area contributed by atoms with Crippen LogP contribution in [-0.4, -0.2) is 22.7 Å². The molecule has 0 unspecified atom stereocenters. The van der Waals surface area contributed by atoms with E-state index in [1.807, 2.05) is 44.2 Å². The van der Waals surface area contributed by atoms with Crippen LogP contribution in [0, 0.1) is 5.82 Å². The molecule has 0 saturated heterocycles. The molecule has 0 bridgehead atoms. The third kappa shape index (κ3) is 5.60. The number of benzene rings is 2. The Labute approximate surface area is 167 Å². The minimum atomic E-state index is -0.435. The first-order valence-corrected chi connectivity index (χ1v) is 10.0. The van der Waals surface area contributed by atoms with Crippen LogP contribution < -0.4 is 10.1 Å². The second-order valence-corrected chi connectivity index (χ2v) is 7.34. The van der Waals surface area contributed by atoms with Gasteiger partial charge in [0.05, 0.1) is 23.2 Å². The lowest BCUT2D eigenvalue weighted by molar-refractivity contribution is -0.113. The van der Waals surface area contributed by atoms with E-state index in [1.165, 1.54) is 30.0 Å². The van der Waals surface area contributed by atoms with Crippen molar-refractivity contribution in [2.45, 2.75) is 25.7 Å². The molecule has 28 heavy (non-hydrogen) atoms. The number of oxazole rings is 1. The normalized spacial score (nSPS) is 10.9. The van der Waals surface area contributed by atoms with Crippen LogP contribution in [-0.2, 0) is 10.5 Å². The maximum absolute atomic E-state index is 13.5.